The maximum absolute atomic E-state index is 11.9. The molecule has 24 heavy (non-hydrogen) atoms. The predicted molar refractivity (Wildman–Crippen MR) is 99.2 cm³/mol. The van der Waals surface area contributed by atoms with E-state index >= 15 is 0 Å². The lowest BCUT2D eigenvalue weighted by molar-refractivity contribution is -0.124. The number of carbonyl (C=O) groups excluding carboxylic acids is 2. The number of carbonyl (C=O) groups is 2. The first kappa shape index (κ1) is 18.5. The van der Waals surface area contributed by atoms with Gasteiger partial charge in [-0.3, -0.25) is 4.79 Å². The van der Waals surface area contributed by atoms with E-state index in [1.807, 2.05) is 49.6 Å². The van der Waals surface area contributed by atoms with Crippen LogP contribution < -0.4 is 5.32 Å². The second-order valence-electron chi connectivity index (χ2n) is 5.15. The van der Waals surface area contributed by atoms with Crippen LogP contribution in [0.1, 0.15) is 28.9 Å². The van der Waals surface area contributed by atoms with Crippen LogP contribution in [0.25, 0.3) is 0 Å². The Kier molecular flexibility index (Phi) is 6.87. The van der Waals surface area contributed by atoms with Gasteiger partial charge in [-0.15, -0.1) is 11.8 Å². The van der Waals surface area contributed by atoms with Gasteiger partial charge in [-0.2, -0.15) is 0 Å². The molecule has 0 aromatic heterocycles. The van der Waals surface area contributed by atoms with Crippen LogP contribution in [0, 0.1) is 0 Å². The van der Waals surface area contributed by atoms with Crippen molar-refractivity contribution in [2.24, 2.45) is 0 Å². The normalized spacial score (nSPS) is 11.6. The average Bonchev–Trinajstić information content (AvgIpc) is 2.60. The lowest BCUT2D eigenvalue weighted by Crippen LogP contribution is -2.31. The second kappa shape index (κ2) is 8.89. The van der Waals surface area contributed by atoms with E-state index in [0.717, 1.165) is 14.9 Å². The molecule has 0 fully saturated rings. The van der Waals surface area contributed by atoms with Crippen molar-refractivity contribution in [1.29, 1.82) is 0 Å². The summed E-state index contributed by atoms with van der Waals surface area (Å²) in [6.07, 6.45) is 1.96. The molecule has 126 valence electrons. The van der Waals surface area contributed by atoms with E-state index in [1.165, 1.54) is 0 Å². The molecule has 0 radical (unpaired) electrons. The molecule has 0 aliphatic heterocycles. The van der Waals surface area contributed by atoms with E-state index in [9.17, 15) is 9.59 Å². The lowest BCUT2D eigenvalue weighted by atomic mass is 10.1. The molecule has 1 amide bonds. The zero-order valence-electron chi connectivity index (χ0n) is 13.4. The molecule has 2 aromatic rings. The van der Waals surface area contributed by atoms with Gasteiger partial charge in [0, 0.05) is 9.37 Å². The SMILES string of the molecule is CSc1ccc(C(=O)OCC(=O)N[C@H](C)c2ccc(Br)cc2)cc1. The van der Waals surface area contributed by atoms with E-state index in [2.05, 4.69) is 21.2 Å². The first-order chi connectivity index (χ1) is 11.5. The molecule has 0 aliphatic carbocycles. The summed E-state index contributed by atoms with van der Waals surface area (Å²) in [5.74, 6) is -0.839. The molecule has 0 bridgehead atoms. The van der Waals surface area contributed by atoms with Gasteiger partial charge in [0.2, 0.25) is 0 Å². The maximum Gasteiger partial charge on any atom is 0.338 e. The fraction of sp³-hybridized carbons (Fsp3) is 0.222. The third-order valence-electron chi connectivity index (χ3n) is 3.41. The fourth-order valence-corrected chi connectivity index (χ4v) is 2.73. The number of hydrogen-bond donors (Lipinski definition) is 1. The number of halogens is 1. The molecule has 0 saturated carbocycles. The highest BCUT2D eigenvalue weighted by Gasteiger charge is 2.13. The zero-order valence-corrected chi connectivity index (χ0v) is 15.8. The van der Waals surface area contributed by atoms with E-state index in [-0.39, 0.29) is 18.6 Å². The second-order valence-corrected chi connectivity index (χ2v) is 6.94. The molecule has 2 aromatic carbocycles. The zero-order chi connectivity index (χ0) is 17.5. The highest BCUT2D eigenvalue weighted by molar-refractivity contribution is 9.10. The van der Waals surface area contributed by atoms with Gasteiger partial charge >= 0.3 is 5.97 Å². The quantitative estimate of drug-likeness (QED) is 0.575. The van der Waals surface area contributed by atoms with Crippen LogP contribution >= 0.6 is 27.7 Å². The van der Waals surface area contributed by atoms with E-state index < -0.39 is 5.97 Å². The molecular weight excluding hydrogens is 390 g/mol. The average molecular weight is 408 g/mol. The molecule has 0 unspecified atom stereocenters. The topological polar surface area (TPSA) is 55.4 Å². The highest BCUT2D eigenvalue weighted by atomic mass is 79.9. The summed E-state index contributed by atoms with van der Waals surface area (Å²) in [6.45, 7) is 1.58. The van der Waals surface area contributed by atoms with Crippen molar-refractivity contribution >= 4 is 39.6 Å². The fourth-order valence-electron chi connectivity index (χ4n) is 2.06. The van der Waals surface area contributed by atoms with Gasteiger partial charge in [0.25, 0.3) is 5.91 Å². The molecular formula is C18H18BrNO3S. The van der Waals surface area contributed by atoms with Crippen molar-refractivity contribution in [3.05, 3.63) is 64.1 Å². The summed E-state index contributed by atoms with van der Waals surface area (Å²) in [4.78, 5) is 24.9. The number of benzene rings is 2. The molecule has 1 N–H and O–H groups in total. The van der Waals surface area contributed by atoms with Gasteiger partial charge in [0.15, 0.2) is 6.61 Å². The summed E-state index contributed by atoms with van der Waals surface area (Å²) in [5, 5.41) is 2.81. The molecule has 0 spiro atoms. The molecule has 6 heteroatoms. The van der Waals surface area contributed by atoms with Gasteiger partial charge in [-0.1, -0.05) is 28.1 Å². The summed E-state index contributed by atoms with van der Waals surface area (Å²) in [7, 11) is 0. The van der Waals surface area contributed by atoms with E-state index in [0.29, 0.717) is 5.56 Å². The van der Waals surface area contributed by atoms with Crippen LogP contribution in [0.4, 0.5) is 0 Å². The molecule has 0 heterocycles. The Morgan fingerprint density at radius 2 is 1.75 bits per heavy atom. The number of hydrogen-bond acceptors (Lipinski definition) is 4. The summed E-state index contributed by atoms with van der Waals surface area (Å²) in [6, 6.07) is 14.6. The lowest BCUT2D eigenvalue weighted by Gasteiger charge is -2.14. The largest absolute Gasteiger partial charge is 0.452 e. The minimum atomic E-state index is -0.505. The summed E-state index contributed by atoms with van der Waals surface area (Å²) < 4.78 is 6.03. The van der Waals surface area contributed by atoms with Crippen LogP contribution in [0.2, 0.25) is 0 Å². The Balaban J connectivity index is 1.83. The maximum atomic E-state index is 11.9. The number of rotatable bonds is 6. The molecule has 1 atom stereocenters. The number of amides is 1. The standard InChI is InChI=1S/C18H18BrNO3S/c1-12(13-3-7-15(19)8-4-13)20-17(21)11-23-18(22)14-5-9-16(24-2)10-6-14/h3-10,12H,11H2,1-2H3,(H,20,21)/t12-/m1/s1. The predicted octanol–water partition coefficient (Wildman–Crippen LogP) is 4.21. The van der Waals surface area contributed by atoms with Gasteiger partial charge in [-0.05, 0) is 55.1 Å². The van der Waals surface area contributed by atoms with Crippen LogP contribution in [-0.2, 0) is 9.53 Å². The van der Waals surface area contributed by atoms with Crippen molar-refractivity contribution in [2.75, 3.05) is 12.9 Å². The minimum Gasteiger partial charge on any atom is -0.452 e. The number of esters is 1. The van der Waals surface area contributed by atoms with Crippen LogP contribution in [0.3, 0.4) is 0 Å². The van der Waals surface area contributed by atoms with Crippen molar-refractivity contribution in [3.8, 4) is 0 Å². The minimum absolute atomic E-state index is 0.162. The van der Waals surface area contributed by atoms with Crippen molar-refractivity contribution < 1.29 is 14.3 Å². The Morgan fingerprint density at radius 3 is 2.33 bits per heavy atom. The molecule has 2 rings (SSSR count). The highest BCUT2D eigenvalue weighted by Crippen LogP contribution is 2.17. The monoisotopic (exact) mass is 407 g/mol. The summed E-state index contributed by atoms with van der Waals surface area (Å²) >= 11 is 4.97. The summed E-state index contributed by atoms with van der Waals surface area (Å²) in [5.41, 5.74) is 1.41. The van der Waals surface area contributed by atoms with Crippen LogP contribution in [0.15, 0.2) is 57.9 Å². The van der Waals surface area contributed by atoms with Gasteiger partial charge in [-0.25, -0.2) is 4.79 Å². The number of ether oxygens (including phenoxy) is 1. The van der Waals surface area contributed by atoms with Crippen LogP contribution in [0.5, 0.6) is 0 Å². The number of thioether (sulfide) groups is 1. The first-order valence-corrected chi connectivity index (χ1v) is 9.37. The molecule has 0 saturated heterocycles. The molecule has 0 aliphatic rings. The Bertz CT molecular complexity index is 701. The smallest absolute Gasteiger partial charge is 0.338 e. The number of nitrogens with one attached hydrogen (secondary N) is 1. The first-order valence-electron chi connectivity index (χ1n) is 7.35. The van der Waals surface area contributed by atoms with Crippen LogP contribution in [-0.4, -0.2) is 24.7 Å². The van der Waals surface area contributed by atoms with Gasteiger partial charge < -0.3 is 10.1 Å². The Labute approximate surface area is 154 Å². The van der Waals surface area contributed by atoms with Crippen molar-refractivity contribution in [1.82, 2.24) is 5.32 Å². The third-order valence-corrected chi connectivity index (χ3v) is 4.68. The Hall–Kier alpha value is -1.79. The third kappa shape index (κ3) is 5.39. The Morgan fingerprint density at radius 1 is 1.12 bits per heavy atom. The van der Waals surface area contributed by atoms with Crippen molar-refractivity contribution in [3.63, 3.8) is 0 Å². The van der Waals surface area contributed by atoms with Crippen molar-refractivity contribution in [2.45, 2.75) is 17.9 Å². The van der Waals surface area contributed by atoms with Gasteiger partial charge in [0.05, 0.1) is 11.6 Å². The molecule has 4 nitrogen and oxygen atoms in total. The van der Waals surface area contributed by atoms with E-state index in [1.54, 1.807) is 23.9 Å². The van der Waals surface area contributed by atoms with E-state index in [4.69, 9.17) is 4.74 Å². The van der Waals surface area contributed by atoms with Gasteiger partial charge in [0.1, 0.15) is 0 Å².